The molecule has 5 nitrogen and oxygen atoms in total. The van der Waals surface area contributed by atoms with Crippen molar-refractivity contribution in [3.63, 3.8) is 0 Å². The Labute approximate surface area is 112 Å². The highest BCUT2D eigenvalue weighted by Gasteiger charge is 2.29. The SMILES string of the molecule is COc1ccc(N)c(C(=O)NC2CCCC2C#N)c1. The maximum absolute atomic E-state index is 12.2. The molecule has 5 heteroatoms. The summed E-state index contributed by atoms with van der Waals surface area (Å²) in [6.45, 7) is 0. The zero-order chi connectivity index (χ0) is 13.8. The first-order valence-corrected chi connectivity index (χ1v) is 6.29. The molecule has 100 valence electrons. The number of nitrogen functional groups attached to an aromatic ring is 1. The number of nitrogens with zero attached hydrogens (tertiary/aromatic N) is 1. The summed E-state index contributed by atoms with van der Waals surface area (Å²) in [5, 5.41) is 11.9. The highest BCUT2D eigenvalue weighted by Crippen LogP contribution is 2.26. The Morgan fingerprint density at radius 3 is 3.00 bits per heavy atom. The van der Waals surface area contributed by atoms with Gasteiger partial charge in [-0.1, -0.05) is 0 Å². The zero-order valence-corrected chi connectivity index (χ0v) is 10.8. The third kappa shape index (κ3) is 2.79. The first-order valence-electron chi connectivity index (χ1n) is 6.29. The number of amides is 1. The van der Waals surface area contributed by atoms with Gasteiger partial charge < -0.3 is 15.8 Å². The van der Waals surface area contributed by atoms with E-state index in [0.717, 1.165) is 19.3 Å². The molecule has 0 bridgehead atoms. The Morgan fingerprint density at radius 1 is 1.53 bits per heavy atom. The van der Waals surface area contributed by atoms with Crippen LogP contribution in [0.4, 0.5) is 5.69 Å². The van der Waals surface area contributed by atoms with Crippen LogP contribution in [-0.2, 0) is 0 Å². The lowest BCUT2D eigenvalue weighted by Crippen LogP contribution is -2.37. The van der Waals surface area contributed by atoms with Crippen LogP contribution in [0.3, 0.4) is 0 Å². The van der Waals surface area contributed by atoms with E-state index in [1.165, 1.54) is 7.11 Å². The Balaban J connectivity index is 2.14. The summed E-state index contributed by atoms with van der Waals surface area (Å²) < 4.78 is 5.08. The van der Waals surface area contributed by atoms with E-state index in [1.807, 2.05) is 0 Å². The van der Waals surface area contributed by atoms with Gasteiger partial charge >= 0.3 is 0 Å². The Kier molecular flexibility index (Phi) is 3.91. The quantitative estimate of drug-likeness (QED) is 0.809. The number of benzene rings is 1. The lowest BCUT2D eigenvalue weighted by molar-refractivity contribution is 0.0933. The van der Waals surface area contributed by atoms with Crippen molar-refractivity contribution in [2.24, 2.45) is 5.92 Å². The van der Waals surface area contributed by atoms with E-state index in [1.54, 1.807) is 18.2 Å². The van der Waals surface area contributed by atoms with Crippen molar-refractivity contribution in [3.05, 3.63) is 23.8 Å². The van der Waals surface area contributed by atoms with Crippen LogP contribution >= 0.6 is 0 Å². The van der Waals surface area contributed by atoms with Crippen molar-refractivity contribution in [2.75, 3.05) is 12.8 Å². The third-order valence-corrected chi connectivity index (χ3v) is 3.50. The molecule has 2 unspecified atom stereocenters. The molecule has 1 saturated carbocycles. The van der Waals surface area contributed by atoms with E-state index in [4.69, 9.17) is 15.7 Å². The molecule has 0 aromatic heterocycles. The molecule has 1 aromatic carbocycles. The van der Waals surface area contributed by atoms with Crippen molar-refractivity contribution in [3.8, 4) is 11.8 Å². The molecule has 0 spiro atoms. The molecular formula is C14H17N3O2. The smallest absolute Gasteiger partial charge is 0.253 e. The van der Waals surface area contributed by atoms with Crippen molar-refractivity contribution in [1.29, 1.82) is 5.26 Å². The number of anilines is 1. The van der Waals surface area contributed by atoms with Crippen LogP contribution in [0.15, 0.2) is 18.2 Å². The van der Waals surface area contributed by atoms with E-state index in [9.17, 15) is 4.79 Å². The van der Waals surface area contributed by atoms with Gasteiger partial charge in [-0.25, -0.2) is 0 Å². The highest BCUT2D eigenvalue weighted by atomic mass is 16.5. The predicted molar refractivity (Wildman–Crippen MR) is 71.6 cm³/mol. The first kappa shape index (κ1) is 13.2. The van der Waals surface area contributed by atoms with Gasteiger partial charge in [0, 0.05) is 11.7 Å². The molecule has 0 aliphatic heterocycles. The van der Waals surface area contributed by atoms with Gasteiger partial charge in [0.2, 0.25) is 0 Å². The number of hydrogen-bond donors (Lipinski definition) is 2. The Bertz CT molecular complexity index is 522. The molecule has 1 fully saturated rings. The number of ether oxygens (including phenoxy) is 1. The molecule has 1 amide bonds. The van der Waals surface area contributed by atoms with Crippen LogP contribution < -0.4 is 15.8 Å². The molecule has 3 N–H and O–H groups in total. The van der Waals surface area contributed by atoms with Gasteiger partial charge in [0.15, 0.2) is 0 Å². The van der Waals surface area contributed by atoms with Crippen LogP contribution in [0.2, 0.25) is 0 Å². The van der Waals surface area contributed by atoms with Crippen LogP contribution in [0, 0.1) is 17.2 Å². The monoisotopic (exact) mass is 259 g/mol. The number of carbonyl (C=O) groups is 1. The fourth-order valence-electron chi connectivity index (χ4n) is 2.39. The second-order valence-electron chi connectivity index (χ2n) is 4.70. The van der Waals surface area contributed by atoms with Gasteiger partial charge in [-0.2, -0.15) is 5.26 Å². The van der Waals surface area contributed by atoms with Crippen molar-refractivity contribution in [1.82, 2.24) is 5.32 Å². The van der Waals surface area contributed by atoms with Gasteiger partial charge in [0.25, 0.3) is 5.91 Å². The minimum Gasteiger partial charge on any atom is -0.497 e. The number of rotatable bonds is 3. The van der Waals surface area contributed by atoms with Gasteiger partial charge in [-0.3, -0.25) is 4.79 Å². The predicted octanol–water partition coefficient (Wildman–Crippen LogP) is 1.70. The largest absolute Gasteiger partial charge is 0.497 e. The fourth-order valence-corrected chi connectivity index (χ4v) is 2.39. The summed E-state index contributed by atoms with van der Waals surface area (Å²) in [6, 6.07) is 7.12. The number of methoxy groups -OCH3 is 1. The summed E-state index contributed by atoms with van der Waals surface area (Å²) in [5.74, 6) is 0.238. The molecule has 19 heavy (non-hydrogen) atoms. The highest BCUT2D eigenvalue weighted by molar-refractivity contribution is 5.99. The number of nitriles is 1. The average Bonchev–Trinajstić information content (AvgIpc) is 2.86. The van der Waals surface area contributed by atoms with Gasteiger partial charge in [0.05, 0.1) is 24.7 Å². The molecule has 2 rings (SSSR count). The van der Waals surface area contributed by atoms with E-state index in [-0.39, 0.29) is 17.9 Å². The summed E-state index contributed by atoms with van der Waals surface area (Å²) >= 11 is 0. The Hall–Kier alpha value is -2.22. The van der Waals surface area contributed by atoms with Crippen molar-refractivity contribution < 1.29 is 9.53 Å². The summed E-state index contributed by atoms with van der Waals surface area (Å²) in [7, 11) is 1.54. The standard InChI is InChI=1S/C14H17N3O2/c1-19-10-5-6-12(16)11(7-10)14(18)17-13-4-2-3-9(13)8-15/h5-7,9,13H,2-4,16H2,1H3,(H,17,18). The molecule has 1 aromatic rings. The zero-order valence-electron chi connectivity index (χ0n) is 10.8. The van der Waals surface area contributed by atoms with Crippen LogP contribution in [0.5, 0.6) is 5.75 Å². The summed E-state index contributed by atoms with van der Waals surface area (Å²) in [6.07, 6.45) is 2.65. The van der Waals surface area contributed by atoms with E-state index < -0.39 is 0 Å². The maximum atomic E-state index is 12.2. The van der Waals surface area contributed by atoms with Gasteiger partial charge in [0.1, 0.15) is 5.75 Å². The number of hydrogen-bond acceptors (Lipinski definition) is 4. The van der Waals surface area contributed by atoms with E-state index in [0.29, 0.717) is 17.0 Å². The number of carbonyl (C=O) groups excluding carboxylic acids is 1. The van der Waals surface area contributed by atoms with Crippen molar-refractivity contribution >= 4 is 11.6 Å². The van der Waals surface area contributed by atoms with E-state index >= 15 is 0 Å². The average molecular weight is 259 g/mol. The molecule has 2 atom stereocenters. The molecular weight excluding hydrogens is 242 g/mol. The minimum atomic E-state index is -0.247. The Morgan fingerprint density at radius 2 is 2.32 bits per heavy atom. The minimum absolute atomic E-state index is 0.0805. The second kappa shape index (κ2) is 5.61. The second-order valence-corrected chi connectivity index (χ2v) is 4.70. The maximum Gasteiger partial charge on any atom is 0.253 e. The number of nitrogens with one attached hydrogen (secondary N) is 1. The molecule has 0 saturated heterocycles. The van der Waals surface area contributed by atoms with Crippen LogP contribution in [0.25, 0.3) is 0 Å². The van der Waals surface area contributed by atoms with E-state index in [2.05, 4.69) is 11.4 Å². The summed E-state index contributed by atoms with van der Waals surface area (Å²) in [5.41, 5.74) is 6.60. The van der Waals surface area contributed by atoms with Crippen LogP contribution in [-0.4, -0.2) is 19.1 Å². The van der Waals surface area contributed by atoms with Gasteiger partial charge in [-0.15, -0.1) is 0 Å². The fraction of sp³-hybridized carbons (Fsp3) is 0.429. The third-order valence-electron chi connectivity index (χ3n) is 3.50. The van der Waals surface area contributed by atoms with Crippen molar-refractivity contribution in [2.45, 2.75) is 25.3 Å². The summed E-state index contributed by atoms with van der Waals surface area (Å²) in [4.78, 5) is 12.2. The number of nitrogens with two attached hydrogens (primary N) is 1. The molecule has 1 aliphatic carbocycles. The first-order chi connectivity index (χ1) is 9.15. The lowest BCUT2D eigenvalue weighted by atomic mass is 10.0. The van der Waals surface area contributed by atoms with Crippen LogP contribution in [0.1, 0.15) is 29.6 Å². The molecule has 0 heterocycles. The van der Waals surface area contributed by atoms with Gasteiger partial charge in [-0.05, 0) is 37.5 Å². The topological polar surface area (TPSA) is 88.1 Å². The molecule has 0 radical (unpaired) electrons. The lowest BCUT2D eigenvalue weighted by Gasteiger charge is -2.16. The normalized spacial score (nSPS) is 21.7. The molecule has 1 aliphatic rings.